The summed E-state index contributed by atoms with van der Waals surface area (Å²) in [6, 6.07) is 13.5. The van der Waals surface area contributed by atoms with Crippen LogP contribution in [0, 0.1) is 12.8 Å². The lowest BCUT2D eigenvalue weighted by atomic mass is 10.1. The van der Waals surface area contributed by atoms with E-state index in [4.69, 9.17) is 13.9 Å². The third-order valence-electron chi connectivity index (χ3n) is 5.25. The first-order chi connectivity index (χ1) is 15.0. The number of para-hydroxylation sites is 1. The summed E-state index contributed by atoms with van der Waals surface area (Å²) in [5.74, 6) is 1.38. The Kier molecular flexibility index (Phi) is 7.75. The van der Waals surface area contributed by atoms with E-state index in [1.54, 1.807) is 6.92 Å². The molecule has 0 amide bonds. The van der Waals surface area contributed by atoms with Crippen LogP contribution < -0.4 is 4.74 Å². The molecule has 2 aromatic carbocycles. The number of benzene rings is 2. The van der Waals surface area contributed by atoms with Crippen LogP contribution in [0.2, 0.25) is 0 Å². The van der Waals surface area contributed by atoms with Gasteiger partial charge in [-0.2, -0.15) is 0 Å². The molecule has 5 nitrogen and oxygen atoms in total. The van der Waals surface area contributed by atoms with E-state index in [0.29, 0.717) is 30.6 Å². The standard InChI is InChI=1S/C24H26O5.C2H6/c1-3-27-22(25)13-18-6-4-5-7-20(18)28-14-16-10-15(2)24-19(11-16)12-21(29-24)23(26)17-8-9-17;1-2/h4-7,10-12,17,23,26H,3,8-9,13-14H2,1-2H3;1-2H3. The molecule has 4 rings (SSSR count). The van der Waals surface area contributed by atoms with E-state index in [2.05, 4.69) is 0 Å². The predicted molar refractivity (Wildman–Crippen MR) is 121 cm³/mol. The summed E-state index contributed by atoms with van der Waals surface area (Å²) in [6.07, 6.45) is 1.78. The van der Waals surface area contributed by atoms with Gasteiger partial charge in [0.05, 0.1) is 13.0 Å². The van der Waals surface area contributed by atoms with Gasteiger partial charge in [0.15, 0.2) is 0 Å². The van der Waals surface area contributed by atoms with Gasteiger partial charge in [0.2, 0.25) is 0 Å². The summed E-state index contributed by atoms with van der Waals surface area (Å²) in [6.45, 7) is 8.53. The highest BCUT2D eigenvalue weighted by atomic mass is 16.5. The number of ether oxygens (including phenoxy) is 2. The zero-order valence-electron chi connectivity index (χ0n) is 18.8. The Bertz CT molecular complexity index is 1020. The molecule has 1 aliphatic carbocycles. The smallest absolute Gasteiger partial charge is 0.310 e. The normalized spacial score (nSPS) is 14.0. The molecule has 5 heteroatoms. The van der Waals surface area contributed by atoms with Gasteiger partial charge in [-0.05, 0) is 68.0 Å². The Labute approximate surface area is 184 Å². The van der Waals surface area contributed by atoms with Gasteiger partial charge in [-0.25, -0.2) is 0 Å². The van der Waals surface area contributed by atoms with Crippen LogP contribution in [0.1, 0.15) is 62.2 Å². The lowest BCUT2D eigenvalue weighted by Gasteiger charge is -2.12. The molecular weight excluding hydrogens is 392 g/mol. The molecule has 1 saturated carbocycles. The number of esters is 1. The predicted octanol–water partition coefficient (Wildman–Crippen LogP) is 5.90. The number of hydrogen-bond donors (Lipinski definition) is 1. The highest BCUT2D eigenvalue weighted by Crippen LogP contribution is 2.42. The molecule has 3 aromatic rings. The molecule has 0 aliphatic heterocycles. The number of fused-ring (bicyclic) bond motifs is 1. The fourth-order valence-corrected chi connectivity index (χ4v) is 3.62. The van der Waals surface area contributed by atoms with Crippen molar-refractivity contribution < 1.29 is 23.8 Å². The molecule has 1 heterocycles. The molecule has 1 aromatic heterocycles. The number of carbonyl (C=O) groups excluding carboxylic acids is 1. The minimum Gasteiger partial charge on any atom is -0.489 e. The van der Waals surface area contributed by atoms with Gasteiger partial charge in [0, 0.05) is 10.9 Å². The SMILES string of the molecule is CC.CCOC(=O)Cc1ccccc1OCc1cc(C)c2oc(C(O)C3CC3)cc2c1. The Balaban J connectivity index is 0.00000132. The number of hydrogen-bond acceptors (Lipinski definition) is 5. The zero-order chi connectivity index (χ0) is 22.4. The average molecular weight is 425 g/mol. The van der Waals surface area contributed by atoms with Gasteiger partial charge in [0.1, 0.15) is 29.8 Å². The van der Waals surface area contributed by atoms with Crippen molar-refractivity contribution in [2.75, 3.05) is 6.61 Å². The largest absolute Gasteiger partial charge is 0.489 e. The third-order valence-corrected chi connectivity index (χ3v) is 5.25. The molecule has 0 bridgehead atoms. The summed E-state index contributed by atoms with van der Waals surface area (Å²) in [5.41, 5.74) is 3.64. The first-order valence-corrected chi connectivity index (χ1v) is 11.1. The van der Waals surface area contributed by atoms with Gasteiger partial charge < -0.3 is 19.0 Å². The molecule has 1 N–H and O–H groups in total. The fourth-order valence-electron chi connectivity index (χ4n) is 3.62. The van der Waals surface area contributed by atoms with E-state index in [0.717, 1.165) is 40.5 Å². The van der Waals surface area contributed by atoms with E-state index >= 15 is 0 Å². The average Bonchev–Trinajstić information content (AvgIpc) is 3.53. The first-order valence-electron chi connectivity index (χ1n) is 11.1. The van der Waals surface area contributed by atoms with Crippen molar-refractivity contribution in [1.29, 1.82) is 0 Å². The lowest BCUT2D eigenvalue weighted by Crippen LogP contribution is -2.09. The second-order valence-corrected chi connectivity index (χ2v) is 7.64. The van der Waals surface area contributed by atoms with Crippen LogP contribution in [0.3, 0.4) is 0 Å². The summed E-state index contributed by atoms with van der Waals surface area (Å²) in [5, 5.41) is 11.3. The number of furan rings is 1. The minimum absolute atomic E-state index is 0.187. The number of carbonyl (C=O) groups is 1. The summed E-state index contributed by atoms with van der Waals surface area (Å²) < 4.78 is 17.0. The fraction of sp³-hybridized carbons (Fsp3) is 0.423. The van der Waals surface area contributed by atoms with E-state index in [1.807, 2.05) is 63.2 Å². The lowest BCUT2D eigenvalue weighted by molar-refractivity contribution is -0.142. The Morgan fingerprint density at radius 1 is 1.19 bits per heavy atom. The van der Waals surface area contributed by atoms with Crippen molar-refractivity contribution in [2.45, 2.75) is 59.7 Å². The highest BCUT2D eigenvalue weighted by Gasteiger charge is 2.33. The number of aliphatic hydroxyl groups is 1. The molecular formula is C26H32O5. The molecule has 1 fully saturated rings. The summed E-state index contributed by atoms with van der Waals surface area (Å²) >= 11 is 0. The Hall–Kier alpha value is -2.79. The van der Waals surface area contributed by atoms with Crippen LogP contribution in [0.5, 0.6) is 5.75 Å². The van der Waals surface area contributed by atoms with Crippen LogP contribution in [0.15, 0.2) is 46.9 Å². The highest BCUT2D eigenvalue weighted by molar-refractivity contribution is 5.82. The first kappa shape index (κ1) is 22.9. The van der Waals surface area contributed by atoms with Crippen molar-refractivity contribution in [2.24, 2.45) is 5.92 Å². The molecule has 1 unspecified atom stereocenters. The quantitative estimate of drug-likeness (QED) is 0.456. The molecule has 0 saturated heterocycles. The van der Waals surface area contributed by atoms with Gasteiger partial charge in [-0.1, -0.05) is 32.0 Å². The van der Waals surface area contributed by atoms with Crippen LogP contribution in [-0.4, -0.2) is 17.7 Å². The van der Waals surface area contributed by atoms with E-state index in [9.17, 15) is 9.90 Å². The van der Waals surface area contributed by atoms with Crippen molar-refractivity contribution in [3.63, 3.8) is 0 Å². The number of aliphatic hydroxyl groups excluding tert-OH is 1. The van der Waals surface area contributed by atoms with Crippen molar-refractivity contribution >= 4 is 16.9 Å². The molecule has 31 heavy (non-hydrogen) atoms. The maximum absolute atomic E-state index is 11.8. The van der Waals surface area contributed by atoms with Crippen LogP contribution >= 0.6 is 0 Å². The maximum Gasteiger partial charge on any atom is 0.310 e. The molecule has 0 radical (unpaired) electrons. The van der Waals surface area contributed by atoms with Crippen LogP contribution in [-0.2, 0) is 22.6 Å². The Morgan fingerprint density at radius 2 is 1.94 bits per heavy atom. The second kappa shape index (κ2) is 10.5. The zero-order valence-corrected chi connectivity index (χ0v) is 18.8. The van der Waals surface area contributed by atoms with Crippen LogP contribution in [0.25, 0.3) is 11.0 Å². The molecule has 166 valence electrons. The van der Waals surface area contributed by atoms with E-state index in [1.165, 1.54) is 0 Å². The van der Waals surface area contributed by atoms with Crippen molar-refractivity contribution in [1.82, 2.24) is 0 Å². The van der Waals surface area contributed by atoms with E-state index < -0.39 is 6.10 Å². The van der Waals surface area contributed by atoms with Gasteiger partial charge in [-0.15, -0.1) is 0 Å². The monoisotopic (exact) mass is 424 g/mol. The van der Waals surface area contributed by atoms with Crippen LogP contribution in [0.4, 0.5) is 0 Å². The van der Waals surface area contributed by atoms with Crippen molar-refractivity contribution in [3.8, 4) is 5.75 Å². The van der Waals surface area contributed by atoms with E-state index in [-0.39, 0.29) is 12.4 Å². The summed E-state index contributed by atoms with van der Waals surface area (Å²) in [4.78, 5) is 11.8. The molecule has 0 spiro atoms. The molecule has 1 aliphatic rings. The Morgan fingerprint density at radius 3 is 2.65 bits per heavy atom. The second-order valence-electron chi connectivity index (χ2n) is 7.64. The number of rotatable bonds is 8. The molecule has 1 atom stereocenters. The van der Waals surface area contributed by atoms with Gasteiger partial charge in [-0.3, -0.25) is 4.79 Å². The third kappa shape index (κ3) is 5.67. The maximum atomic E-state index is 11.8. The van der Waals surface area contributed by atoms with Gasteiger partial charge in [0.25, 0.3) is 0 Å². The minimum atomic E-state index is -0.517. The topological polar surface area (TPSA) is 68.9 Å². The number of aryl methyl sites for hydroxylation is 1. The van der Waals surface area contributed by atoms with Crippen molar-refractivity contribution in [3.05, 3.63) is 64.9 Å². The van der Waals surface area contributed by atoms with Gasteiger partial charge >= 0.3 is 5.97 Å². The summed E-state index contributed by atoms with van der Waals surface area (Å²) in [7, 11) is 0.